The first-order valence-electron chi connectivity index (χ1n) is 11.0. The molecule has 176 valence electrons. The molecule has 0 spiro atoms. The minimum atomic E-state index is 0.0107. The molecular formula is C26H31ClN2O4. The van der Waals surface area contributed by atoms with Gasteiger partial charge in [-0.2, -0.15) is 0 Å². The van der Waals surface area contributed by atoms with Gasteiger partial charge in [-0.15, -0.1) is 0 Å². The van der Waals surface area contributed by atoms with E-state index in [4.69, 9.17) is 21.1 Å². The van der Waals surface area contributed by atoms with Crippen LogP contribution in [0.25, 0.3) is 0 Å². The van der Waals surface area contributed by atoms with Crippen LogP contribution >= 0.6 is 11.6 Å². The van der Waals surface area contributed by atoms with Crippen LogP contribution in [0.5, 0.6) is 17.5 Å². The quantitative estimate of drug-likeness (QED) is 0.295. The molecule has 0 amide bonds. The summed E-state index contributed by atoms with van der Waals surface area (Å²) >= 11 is 6.06. The second kappa shape index (κ2) is 11.7. The molecule has 2 aromatic carbocycles. The van der Waals surface area contributed by atoms with Crippen LogP contribution < -0.4 is 10.1 Å². The third kappa shape index (κ3) is 6.94. The Morgan fingerprint density at radius 2 is 1.79 bits per heavy atom. The van der Waals surface area contributed by atoms with Gasteiger partial charge in [-0.1, -0.05) is 42.4 Å². The van der Waals surface area contributed by atoms with Gasteiger partial charge in [0.2, 0.25) is 0 Å². The Balaban J connectivity index is 1.60. The fraction of sp³-hybridized carbons (Fsp3) is 0.308. The highest BCUT2D eigenvalue weighted by molar-refractivity contribution is 6.30. The zero-order valence-electron chi connectivity index (χ0n) is 19.1. The van der Waals surface area contributed by atoms with Crippen molar-refractivity contribution in [2.24, 2.45) is 0 Å². The summed E-state index contributed by atoms with van der Waals surface area (Å²) in [5, 5.41) is 23.8. The monoisotopic (exact) mass is 470 g/mol. The van der Waals surface area contributed by atoms with Gasteiger partial charge in [0.25, 0.3) is 0 Å². The molecular weight excluding hydrogens is 440 g/mol. The van der Waals surface area contributed by atoms with Crippen LogP contribution in [-0.2, 0) is 17.8 Å². The molecule has 0 aliphatic carbocycles. The van der Waals surface area contributed by atoms with Crippen molar-refractivity contribution in [2.75, 3.05) is 13.2 Å². The Hall–Kier alpha value is -3.09. The molecule has 3 N–H and O–H groups in total. The first-order chi connectivity index (χ1) is 15.9. The lowest BCUT2D eigenvalue weighted by molar-refractivity contribution is 0.211. The Kier molecular flexibility index (Phi) is 8.69. The first kappa shape index (κ1) is 24.6. The Morgan fingerprint density at radius 1 is 1.09 bits per heavy atom. The predicted octanol–water partition coefficient (Wildman–Crippen LogP) is 5.71. The summed E-state index contributed by atoms with van der Waals surface area (Å²) < 4.78 is 12.8. The number of nitrogens with zero attached hydrogens (tertiary/aromatic N) is 1. The fourth-order valence-corrected chi connectivity index (χ4v) is 3.77. The largest absolute Gasteiger partial charge is 0.499 e. The van der Waals surface area contributed by atoms with E-state index < -0.39 is 0 Å². The fourth-order valence-electron chi connectivity index (χ4n) is 3.64. The number of hydrogen-bond acceptors (Lipinski definition) is 5. The summed E-state index contributed by atoms with van der Waals surface area (Å²) in [6.07, 6.45) is 0.661. The number of aromatic hydroxyl groups is 2. The molecule has 33 heavy (non-hydrogen) atoms. The average Bonchev–Trinajstić information content (AvgIpc) is 3.11. The van der Waals surface area contributed by atoms with Gasteiger partial charge >= 0.3 is 0 Å². The number of aryl methyl sites for hydroxylation is 1. The van der Waals surface area contributed by atoms with Gasteiger partial charge in [0.05, 0.1) is 18.9 Å². The Labute approximate surface area is 200 Å². The minimum Gasteiger partial charge on any atom is -0.499 e. The molecule has 1 aromatic heterocycles. The third-order valence-corrected chi connectivity index (χ3v) is 5.60. The van der Waals surface area contributed by atoms with Crippen molar-refractivity contribution in [3.8, 4) is 17.5 Å². The van der Waals surface area contributed by atoms with Crippen LogP contribution in [0.1, 0.15) is 36.1 Å². The maximum atomic E-state index is 9.72. The summed E-state index contributed by atoms with van der Waals surface area (Å²) in [5.41, 5.74) is 3.26. The number of halogens is 1. The number of nitrogens with one attached hydrogen (secondary N) is 1. The number of aromatic nitrogens is 1. The topological polar surface area (TPSA) is 75.9 Å². The summed E-state index contributed by atoms with van der Waals surface area (Å²) in [6.45, 7) is 9.91. The average molecular weight is 471 g/mol. The number of ether oxygens (including phenoxy) is 2. The maximum absolute atomic E-state index is 9.72. The van der Waals surface area contributed by atoms with E-state index in [-0.39, 0.29) is 17.8 Å². The van der Waals surface area contributed by atoms with E-state index >= 15 is 0 Å². The third-order valence-electron chi connectivity index (χ3n) is 5.35. The molecule has 0 saturated carbocycles. The van der Waals surface area contributed by atoms with Crippen LogP contribution in [0.2, 0.25) is 5.02 Å². The van der Waals surface area contributed by atoms with Gasteiger partial charge in [-0.05, 0) is 48.7 Å². The standard InChI is InChI=1S/C26H31ClN2O4/c1-4-32-19(3)16-23(21-6-8-22(27)9-7-21)28-17-20-5-10-24(18(2)15-20)33-14-13-29-25(30)11-12-26(29)31/h5-12,15,23,28,30-31H,3-4,13-14,16-17H2,1-2H3. The zero-order valence-corrected chi connectivity index (χ0v) is 19.8. The Bertz CT molecular complexity index is 1040. The SMILES string of the molecule is C=C(CC(NCc1ccc(OCCn2c(O)ccc2O)c(C)c1)c1ccc(Cl)cc1)OCC. The highest BCUT2D eigenvalue weighted by Gasteiger charge is 2.14. The van der Waals surface area contributed by atoms with Crippen molar-refractivity contribution in [1.29, 1.82) is 0 Å². The van der Waals surface area contributed by atoms with Crippen molar-refractivity contribution in [2.45, 2.75) is 39.4 Å². The van der Waals surface area contributed by atoms with E-state index in [9.17, 15) is 10.2 Å². The summed E-state index contributed by atoms with van der Waals surface area (Å²) in [7, 11) is 0. The van der Waals surface area contributed by atoms with Gasteiger partial charge in [0.1, 0.15) is 12.4 Å². The lowest BCUT2D eigenvalue weighted by Gasteiger charge is -2.21. The molecule has 0 aliphatic rings. The van der Waals surface area contributed by atoms with E-state index in [1.165, 1.54) is 16.7 Å². The van der Waals surface area contributed by atoms with Gasteiger partial charge in [-0.3, -0.25) is 4.57 Å². The van der Waals surface area contributed by atoms with Crippen LogP contribution in [0.15, 0.2) is 66.9 Å². The highest BCUT2D eigenvalue weighted by atomic mass is 35.5. The van der Waals surface area contributed by atoms with Crippen molar-refractivity contribution < 1.29 is 19.7 Å². The second-order valence-corrected chi connectivity index (χ2v) is 8.25. The van der Waals surface area contributed by atoms with E-state index in [1.54, 1.807) is 0 Å². The highest BCUT2D eigenvalue weighted by Crippen LogP contribution is 2.25. The maximum Gasteiger partial charge on any atom is 0.193 e. The lowest BCUT2D eigenvalue weighted by atomic mass is 10.0. The van der Waals surface area contributed by atoms with Gasteiger partial charge in [0.15, 0.2) is 11.8 Å². The molecule has 1 heterocycles. The molecule has 3 rings (SSSR count). The zero-order chi connectivity index (χ0) is 23.8. The minimum absolute atomic E-state index is 0.0107. The first-order valence-corrected chi connectivity index (χ1v) is 11.3. The summed E-state index contributed by atoms with van der Waals surface area (Å²) in [6, 6.07) is 16.8. The molecule has 0 radical (unpaired) electrons. The van der Waals surface area contributed by atoms with Gasteiger partial charge < -0.3 is 25.0 Å². The summed E-state index contributed by atoms with van der Waals surface area (Å²) in [5.74, 6) is 1.53. The smallest absolute Gasteiger partial charge is 0.193 e. The second-order valence-electron chi connectivity index (χ2n) is 7.81. The van der Waals surface area contributed by atoms with Crippen LogP contribution in [-0.4, -0.2) is 28.0 Å². The predicted molar refractivity (Wildman–Crippen MR) is 131 cm³/mol. The normalized spacial score (nSPS) is 11.8. The lowest BCUT2D eigenvalue weighted by Crippen LogP contribution is -2.22. The molecule has 1 unspecified atom stereocenters. The molecule has 0 bridgehead atoms. The van der Waals surface area contributed by atoms with Gasteiger partial charge in [0, 0.05) is 36.2 Å². The van der Waals surface area contributed by atoms with E-state index in [2.05, 4.69) is 18.0 Å². The molecule has 0 fully saturated rings. The van der Waals surface area contributed by atoms with Crippen molar-refractivity contribution in [3.05, 3.63) is 88.6 Å². The number of benzene rings is 2. The van der Waals surface area contributed by atoms with Crippen molar-refractivity contribution in [1.82, 2.24) is 9.88 Å². The molecule has 7 heteroatoms. The molecule has 6 nitrogen and oxygen atoms in total. The number of rotatable bonds is 12. The van der Waals surface area contributed by atoms with Crippen molar-refractivity contribution >= 4 is 11.6 Å². The number of hydrogen-bond donors (Lipinski definition) is 3. The van der Waals surface area contributed by atoms with Crippen LogP contribution in [0.4, 0.5) is 0 Å². The van der Waals surface area contributed by atoms with Crippen molar-refractivity contribution in [3.63, 3.8) is 0 Å². The van der Waals surface area contributed by atoms with Crippen LogP contribution in [0.3, 0.4) is 0 Å². The van der Waals surface area contributed by atoms with Crippen LogP contribution in [0, 0.1) is 6.92 Å². The van der Waals surface area contributed by atoms with E-state index in [0.29, 0.717) is 37.7 Å². The molecule has 0 aliphatic heterocycles. The molecule has 1 atom stereocenters. The van der Waals surface area contributed by atoms with E-state index in [0.717, 1.165) is 28.2 Å². The van der Waals surface area contributed by atoms with Gasteiger partial charge in [-0.25, -0.2) is 0 Å². The summed E-state index contributed by atoms with van der Waals surface area (Å²) in [4.78, 5) is 0. The van der Waals surface area contributed by atoms with E-state index in [1.807, 2.05) is 50.2 Å². The Morgan fingerprint density at radius 3 is 2.42 bits per heavy atom. The molecule has 3 aromatic rings. The molecule has 0 saturated heterocycles.